The van der Waals surface area contributed by atoms with Crippen LogP contribution in [-0.4, -0.2) is 17.1 Å². The number of carbonyl (C=O) groups is 1. The zero-order chi connectivity index (χ0) is 11.5. The topological polar surface area (TPSA) is 49.3 Å². The predicted octanol–water partition coefficient (Wildman–Crippen LogP) is 2.99. The highest BCUT2D eigenvalue weighted by molar-refractivity contribution is 5.88. The summed E-state index contributed by atoms with van der Waals surface area (Å²) in [4.78, 5) is 10.8. The number of hydrogen-bond donors (Lipinski definition) is 2. The summed E-state index contributed by atoms with van der Waals surface area (Å²) in [7, 11) is 0. The van der Waals surface area contributed by atoms with Gasteiger partial charge in [0.25, 0.3) is 0 Å². The first-order valence-corrected chi connectivity index (χ1v) is 5.75. The molecule has 0 bridgehead atoms. The lowest BCUT2D eigenvalue weighted by Gasteiger charge is -2.15. The van der Waals surface area contributed by atoms with Gasteiger partial charge in [0.2, 0.25) is 0 Å². The molecule has 3 nitrogen and oxygen atoms in total. The number of anilines is 1. The molecule has 2 rings (SSSR count). The first kappa shape index (κ1) is 11.0. The maximum atomic E-state index is 10.8. The van der Waals surface area contributed by atoms with Crippen LogP contribution < -0.4 is 5.32 Å². The molecule has 1 aliphatic rings. The molecule has 1 saturated carbocycles. The van der Waals surface area contributed by atoms with E-state index in [0.29, 0.717) is 11.6 Å². The van der Waals surface area contributed by atoms with Crippen LogP contribution in [-0.2, 0) is 0 Å². The average Bonchev–Trinajstić information content (AvgIpc) is 3.01. The van der Waals surface area contributed by atoms with E-state index >= 15 is 0 Å². The molecule has 0 spiro atoms. The maximum Gasteiger partial charge on any atom is 0.335 e. The third-order valence-corrected chi connectivity index (χ3v) is 2.91. The molecule has 2 N–H and O–H groups in total. The summed E-state index contributed by atoms with van der Waals surface area (Å²) in [5.41, 5.74) is 1.23. The quantitative estimate of drug-likeness (QED) is 0.800. The Balaban J connectivity index is 1.96. The Morgan fingerprint density at radius 2 is 2.31 bits per heavy atom. The molecule has 86 valence electrons. The van der Waals surface area contributed by atoms with Crippen molar-refractivity contribution >= 4 is 11.7 Å². The molecule has 0 saturated heterocycles. The van der Waals surface area contributed by atoms with Gasteiger partial charge in [0.05, 0.1) is 5.56 Å². The lowest BCUT2D eigenvalue weighted by molar-refractivity contribution is 0.0697. The highest BCUT2D eigenvalue weighted by Gasteiger charge is 2.23. The minimum Gasteiger partial charge on any atom is -0.478 e. The standard InChI is InChI=1S/C13H17NO2/c1-9(7-10-5-6-10)14-12-4-2-3-11(8-12)13(15)16/h2-4,8-10,14H,5-7H2,1H3,(H,15,16). The molecule has 0 heterocycles. The first-order chi connectivity index (χ1) is 7.65. The van der Waals surface area contributed by atoms with Gasteiger partial charge in [0, 0.05) is 11.7 Å². The van der Waals surface area contributed by atoms with Gasteiger partial charge in [-0.25, -0.2) is 4.79 Å². The van der Waals surface area contributed by atoms with E-state index in [0.717, 1.165) is 11.6 Å². The van der Waals surface area contributed by atoms with Crippen molar-refractivity contribution in [1.29, 1.82) is 0 Å². The number of aromatic carboxylic acids is 1. The molecule has 1 aromatic rings. The van der Waals surface area contributed by atoms with Crippen molar-refractivity contribution in [1.82, 2.24) is 0 Å². The Morgan fingerprint density at radius 3 is 2.94 bits per heavy atom. The smallest absolute Gasteiger partial charge is 0.335 e. The van der Waals surface area contributed by atoms with Crippen molar-refractivity contribution in [3.8, 4) is 0 Å². The van der Waals surface area contributed by atoms with E-state index in [4.69, 9.17) is 5.11 Å². The van der Waals surface area contributed by atoms with E-state index in [2.05, 4.69) is 12.2 Å². The zero-order valence-corrected chi connectivity index (χ0v) is 9.44. The molecule has 16 heavy (non-hydrogen) atoms. The summed E-state index contributed by atoms with van der Waals surface area (Å²) in [6, 6.07) is 7.40. The van der Waals surface area contributed by atoms with Gasteiger partial charge in [-0.2, -0.15) is 0 Å². The fourth-order valence-corrected chi connectivity index (χ4v) is 1.94. The SMILES string of the molecule is CC(CC1CC1)Nc1cccc(C(=O)O)c1. The van der Waals surface area contributed by atoms with E-state index in [-0.39, 0.29) is 0 Å². The summed E-state index contributed by atoms with van der Waals surface area (Å²) < 4.78 is 0. The van der Waals surface area contributed by atoms with Gasteiger partial charge >= 0.3 is 5.97 Å². The Labute approximate surface area is 95.5 Å². The fraction of sp³-hybridized carbons (Fsp3) is 0.462. The van der Waals surface area contributed by atoms with Gasteiger partial charge in [-0.1, -0.05) is 18.9 Å². The number of hydrogen-bond acceptors (Lipinski definition) is 2. The van der Waals surface area contributed by atoms with E-state index in [1.807, 2.05) is 6.07 Å². The predicted molar refractivity (Wildman–Crippen MR) is 63.8 cm³/mol. The Morgan fingerprint density at radius 1 is 1.56 bits per heavy atom. The number of benzene rings is 1. The second-order valence-corrected chi connectivity index (χ2v) is 4.61. The third-order valence-electron chi connectivity index (χ3n) is 2.91. The van der Waals surface area contributed by atoms with E-state index in [1.165, 1.54) is 19.3 Å². The van der Waals surface area contributed by atoms with Crippen molar-refractivity contribution in [2.45, 2.75) is 32.2 Å². The van der Waals surface area contributed by atoms with Crippen molar-refractivity contribution < 1.29 is 9.90 Å². The van der Waals surface area contributed by atoms with E-state index < -0.39 is 5.97 Å². The van der Waals surface area contributed by atoms with Gasteiger partial charge in [-0.05, 0) is 37.5 Å². The molecule has 1 aromatic carbocycles. The molecule has 0 aliphatic heterocycles. The Bertz CT molecular complexity index is 385. The highest BCUT2D eigenvalue weighted by atomic mass is 16.4. The van der Waals surface area contributed by atoms with Crippen LogP contribution in [0.3, 0.4) is 0 Å². The molecule has 1 fully saturated rings. The maximum absolute atomic E-state index is 10.8. The van der Waals surface area contributed by atoms with Crippen molar-refractivity contribution in [2.24, 2.45) is 5.92 Å². The summed E-state index contributed by atoms with van der Waals surface area (Å²) in [6.45, 7) is 2.14. The van der Waals surface area contributed by atoms with Crippen LogP contribution in [0, 0.1) is 5.92 Å². The van der Waals surface area contributed by atoms with E-state index in [9.17, 15) is 4.79 Å². The van der Waals surface area contributed by atoms with Crippen molar-refractivity contribution in [2.75, 3.05) is 5.32 Å². The lowest BCUT2D eigenvalue weighted by Crippen LogP contribution is -2.15. The number of carboxylic acid groups (broad SMARTS) is 1. The molecule has 0 aromatic heterocycles. The minimum atomic E-state index is -0.876. The van der Waals surface area contributed by atoms with Gasteiger partial charge in [0.15, 0.2) is 0 Å². The van der Waals surface area contributed by atoms with Crippen LogP contribution in [0.1, 0.15) is 36.5 Å². The zero-order valence-electron chi connectivity index (χ0n) is 9.44. The highest BCUT2D eigenvalue weighted by Crippen LogP contribution is 2.34. The van der Waals surface area contributed by atoms with Crippen LogP contribution >= 0.6 is 0 Å². The van der Waals surface area contributed by atoms with Gasteiger partial charge in [-0.3, -0.25) is 0 Å². The molecule has 1 atom stereocenters. The lowest BCUT2D eigenvalue weighted by atomic mass is 10.1. The van der Waals surface area contributed by atoms with Gasteiger partial charge < -0.3 is 10.4 Å². The fourth-order valence-electron chi connectivity index (χ4n) is 1.94. The molecular formula is C13H17NO2. The van der Waals surface area contributed by atoms with Crippen LogP contribution in [0.4, 0.5) is 5.69 Å². The monoisotopic (exact) mass is 219 g/mol. The molecular weight excluding hydrogens is 202 g/mol. The van der Waals surface area contributed by atoms with Crippen LogP contribution in [0.5, 0.6) is 0 Å². The number of carboxylic acids is 1. The summed E-state index contributed by atoms with van der Waals surface area (Å²) in [5, 5.41) is 12.2. The molecule has 1 unspecified atom stereocenters. The Hall–Kier alpha value is -1.51. The summed E-state index contributed by atoms with van der Waals surface area (Å²) >= 11 is 0. The number of nitrogens with one attached hydrogen (secondary N) is 1. The van der Waals surface area contributed by atoms with Gasteiger partial charge in [0.1, 0.15) is 0 Å². The Kier molecular flexibility index (Phi) is 3.13. The third kappa shape index (κ3) is 2.99. The molecule has 0 amide bonds. The second-order valence-electron chi connectivity index (χ2n) is 4.61. The largest absolute Gasteiger partial charge is 0.478 e. The molecule has 0 radical (unpaired) electrons. The normalized spacial score (nSPS) is 16.8. The van der Waals surface area contributed by atoms with E-state index in [1.54, 1.807) is 18.2 Å². The molecule has 1 aliphatic carbocycles. The van der Waals surface area contributed by atoms with Crippen molar-refractivity contribution in [3.63, 3.8) is 0 Å². The second kappa shape index (κ2) is 4.56. The first-order valence-electron chi connectivity index (χ1n) is 5.75. The van der Waals surface area contributed by atoms with Crippen LogP contribution in [0.15, 0.2) is 24.3 Å². The average molecular weight is 219 g/mol. The number of rotatable bonds is 5. The van der Waals surface area contributed by atoms with Crippen LogP contribution in [0.2, 0.25) is 0 Å². The molecule has 3 heteroatoms. The summed E-state index contributed by atoms with van der Waals surface area (Å²) in [6.07, 6.45) is 3.87. The summed E-state index contributed by atoms with van der Waals surface area (Å²) in [5.74, 6) is 0.00338. The van der Waals surface area contributed by atoms with Gasteiger partial charge in [-0.15, -0.1) is 0 Å². The van der Waals surface area contributed by atoms with Crippen molar-refractivity contribution in [3.05, 3.63) is 29.8 Å². The van der Waals surface area contributed by atoms with Crippen LogP contribution in [0.25, 0.3) is 0 Å². The minimum absolute atomic E-state index is 0.337.